The van der Waals surface area contributed by atoms with E-state index in [1.54, 1.807) is 24.3 Å². The largest absolute Gasteiger partial charge is 0.614 e. The van der Waals surface area contributed by atoms with E-state index >= 15 is 0 Å². The normalized spacial score (nSPS) is 24.0. The van der Waals surface area contributed by atoms with Crippen LogP contribution in [0.5, 0.6) is 5.75 Å². The number of halogens is 1. The molecule has 2 aliphatic rings. The first-order valence-corrected chi connectivity index (χ1v) is 10.5. The highest BCUT2D eigenvalue weighted by Crippen LogP contribution is 2.37. The first-order chi connectivity index (χ1) is 13.0. The SMILES string of the molecule is COC(=O)C1=C(CBr)C[S+]([O-])[C@@H]2C(NC(=O)COc3ccccc3)C(=O)N12. The van der Waals surface area contributed by atoms with Crippen LogP contribution in [0, 0.1) is 0 Å². The summed E-state index contributed by atoms with van der Waals surface area (Å²) in [5, 5.41) is 2.04. The number of benzene rings is 1. The Morgan fingerprint density at radius 3 is 2.70 bits per heavy atom. The molecule has 2 amide bonds. The molecular formula is C17H17BrN2O6S. The van der Waals surface area contributed by atoms with Crippen molar-refractivity contribution in [3.63, 3.8) is 0 Å². The Balaban J connectivity index is 1.68. The number of hydrogen-bond acceptors (Lipinski definition) is 6. The lowest BCUT2D eigenvalue weighted by atomic mass is 10.0. The van der Waals surface area contributed by atoms with E-state index in [9.17, 15) is 18.9 Å². The third kappa shape index (κ3) is 3.83. The van der Waals surface area contributed by atoms with Crippen LogP contribution >= 0.6 is 15.9 Å². The lowest BCUT2D eigenvalue weighted by Gasteiger charge is -2.49. The molecule has 1 N–H and O–H groups in total. The van der Waals surface area contributed by atoms with Gasteiger partial charge in [-0.05, 0) is 23.3 Å². The molecule has 27 heavy (non-hydrogen) atoms. The van der Waals surface area contributed by atoms with Crippen LogP contribution in [0.25, 0.3) is 0 Å². The molecule has 1 fully saturated rings. The first kappa shape index (κ1) is 19.7. The van der Waals surface area contributed by atoms with Gasteiger partial charge in [-0.3, -0.25) is 14.5 Å². The molecule has 3 rings (SSSR count). The third-order valence-electron chi connectivity index (χ3n) is 4.17. The molecule has 1 aromatic rings. The molecule has 0 spiro atoms. The zero-order valence-corrected chi connectivity index (χ0v) is 16.7. The summed E-state index contributed by atoms with van der Waals surface area (Å²) in [7, 11) is 1.21. The highest BCUT2D eigenvalue weighted by Gasteiger charge is 2.60. The number of para-hydroxylation sites is 1. The maximum Gasteiger partial charge on any atom is 0.355 e. The summed E-state index contributed by atoms with van der Waals surface area (Å²) in [6.45, 7) is -0.278. The molecule has 0 radical (unpaired) electrons. The van der Waals surface area contributed by atoms with E-state index in [2.05, 4.69) is 21.2 Å². The number of hydrogen-bond donors (Lipinski definition) is 1. The Bertz CT molecular complexity index is 787. The van der Waals surface area contributed by atoms with Crippen molar-refractivity contribution in [2.75, 3.05) is 24.8 Å². The standard InChI is InChI=1S/C17H17BrN2O6S/c1-25-17(23)14-10(7-18)9-27(24)16-13(15(22)20(14)16)19-12(21)8-26-11-5-3-2-4-6-11/h2-6,13,16H,7-9H2,1H3,(H,19,21)/t13?,16-,27?/m1/s1. The summed E-state index contributed by atoms with van der Waals surface area (Å²) >= 11 is 1.79. The molecule has 2 aliphatic heterocycles. The van der Waals surface area contributed by atoms with Gasteiger partial charge in [0.25, 0.3) is 11.8 Å². The van der Waals surface area contributed by atoms with Crippen molar-refractivity contribution in [2.24, 2.45) is 0 Å². The number of nitrogens with zero attached hydrogens (tertiary/aromatic N) is 1. The summed E-state index contributed by atoms with van der Waals surface area (Å²) in [6.07, 6.45) is 0. The number of β-lactam (4-membered cyclic amide) rings is 1. The average Bonchev–Trinajstić information content (AvgIpc) is 2.69. The highest BCUT2D eigenvalue weighted by molar-refractivity contribution is 9.09. The van der Waals surface area contributed by atoms with E-state index in [0.29, 0.717) is 16.7 Å². The molecule has 2 heterocycles. The minimum Gasteiger partial charge on any atom is -0.614 e. The number of amides is 2. The Hall–Kier alpha value is -2.04. The molecule has 10 heteroatoms. The summed E-state index contributed by atoms with van der Waals surface area (Å²) in [5.41, 5.74) is 0.622. The second-order valence-corrected chi connectivity index (χ2v) is 7.94. The van der Waals surface area contributed by atoms with E-state index in [-0.39, 0.29) is 18.1 Å². The smallest absolute Gasteiger partial charge is 0.355 e. The summed E-state index contributed by atoms with van der Waals surface area (Å²) in [5.74, 6) is -1.04. The number of fused-ring (bicyclic) bond motifs is 1. The van der Waals surface area contributed by atoms with Crippen LogP contribution in [0.15, 0.2) is 41.6 Å². The Labute approximate surface area is 167 Å². The molecule has 0 saturated carbocycles. The van der Waals surface area contributed by atoms with Crippen LogP contribution in [0.3, 0.4) is 0 Å². The zero-order valence-electron chi connectivity index (χ0n) is 14.3. The fourth-order valence-corrected chi connectivity index (χ4v) is 5.33. The van der Waals surface area contributed by atoms with E-state index in [1.165, 1.54) is 7.11 Å². The van der Waals surface area contributed by atoms with Crippen molar-refractivity contribution >= 4 is 44.9 Å². The maximum atomic E-state index is 12.5. The van der Waals surface area contributed by atoms with Gasteiger partial charge >= 0.3 is 5.97 Å². The number of ether oxygens (including phenoxy) is 2. The number of carbonyl (C=O) groups excluding carboxylic acids is 3. The van der Waals surface area contributed by atoms with Crippen molar-refractivity contribution in [1.82, 2.24) is 10.2 Å². The van der Waals surface area contributed by atoms with Crippen LogP contribution in [-0.2, 0) is 30.3 Å². The predicted molar refractivity (Wildman–Crippen MR) is 100 cm³/mol. The van der Waals surface area contributed by atoms with Crippen molar-refractivity contribution < 1.29 is 28.4 Å². The Morgan fingerprint density at radius 2 is 2.07 bits per heavy atom. The van der Waals surface area contributed by atoms with Crippen LogP contribution in [0.2, 0.25) is 0 Å². The third-order valence-corrected chi connectivity index (χ3v) is 6.51. The van der Waals surface area contributed by atoms with E-state index in [0.717, 1.165) is 4.90 Å². The fourth-order valence-electron chi connectivity index (χ4n) is 2.92. The average molecular weight is 457 g/mol. The molecule has 0 aliphatic carbocycles. The second kappa shape index (κ2) is 8.32. The molecule has 3 atom stereocenters. The molecule has 1 aromatic carbocycles. The number of methoxy groups -OCH3 is 1. The summed E-state index contributed by atoms with van der Waals surface area (Å²) < 4.78 is 22.6. The van der Waals surface area contributed by atoms with Gasteiger partial charge in [0.05, 0.1) is 7.11 Å². The van der Waals surface area contributed by atoms with Crippen LogP contribution in [0.4, 0.5) is 0 Å². The number of alkyl halides is 1. The Morgan fingerprint density at radius 1 is 1.37 bits per heavy atom. The maximum absolute atomic E-state index is 12.5. The molecule has 2 unspecified atom stereocenters. The minimum absolute atomic E-state index is 0.0926. The second-order valence-electron chi connectivity index (χ2n) is 5.85. The molecule has 0 aromatic heterocycles. The van der Waals surface area contributed by atoms with Gasteiger partial charge in [-0.25, -0.2) is 4.79 Å². The van der Waals surface area contributed by atoms with Gasteiger partial charge in [0, 0.05) is 10.9 Å². The summed E-state index contributed by atoms with van der Waals surface area (Å²) in [6, 6.07) is 7.81. The van der Waals surface area contributed by atoms with Gasteiger partial charge in [-0.1, -0.05) is 34.1 Å². The minimum atomic E-state index is -1.45. The zero-order chi connectivity index (χ0) is 19.6. The van der Waals surface area contributed by atoms with Gasteiger partial charge in [0.2, 0.25) is 5.37 Å². The molecule has 0 bridgehead atoms. The summed E-state index contributed by atoms with van der Waals surface area (Å²) in [4.78, 5) is 37.9. The van der Waals surface area contributed by atoms with E-state index in [1.807, 2.05) is 6.07 Å². The molecule has 144 valence electrons. The Kier molecular flexibility index (Phi) is 6.08. The number of carbonyl (C=O) groups is 3. The van der Waals surface area contributed by atoms with Gasteiger partial charge < -0.3 is 19.3 Å². The fraction of sp³-hybridized carbons (Fsp3) is 0.353. The van der Waals surface area contributed by atoms with E-state index < -0.39 is 40.4 Å². The van der Waals surface area contributed by atoms with Gasteiger partial charge in [0.1, 0.15) is 17.2 Å². The number of esters is 1. The van der Waals surface area contributed by atoms with Crippen molar-refractivity contribution in [3.8, 4) is 5.75 Å². The highest BCUT2D eigenvalue weighted by atomic mass is 79.9. The van der Waals surface area contributed by atoms with Gasteiger partial charge in [0.15, 0.2) is 12.6 Å². The number of rotatable bonds is 6. The van der Waals surface area contributed by atoms with Crippen molar-refractivity contribution in [3.05, 3.63) is 41.6 Å². The van der Waals surface area contributed by atoms with E-state index in [4.69, 9.17) is 9.47 Å². The van der Waals surface area contributed by atoms with Crippen LogP contribution < -0.4 is 10.1 Å². The topological polar surface area (TPSA) is 108 Å². The van der Waals surface area contributed by atoms with Crippen LogP contribution in [-0.4, -0.2) is 63.5 Å². The van der Waals surface area contributed by atoms with Gasteiger partial charge in [-0.2, -0.15) is 0 Å². The van der Waals surface area contributed by atoms with Crippen molar-refractivity contribution in [1.29, 1.82) is 0 Å². The predicted octanol–water partition coefficient (Wildman–Crippen LogP) is 0.303. The van der Waals surface area contributed by atoms with Crippen LogP contribution in [0.1, 0.15) is 0 Å². The molecular weight excluding hydrogens is 440 g/mol. The monoisotopic (exact) mass is 456 g/mol. The van der Waals surface area contributed by atoms with Gasteiger partial charge in [-0.15, -0.1) is 0 Å². The first-order valence-electron chi connectivity index (χ1n) is 8.01. The quantitative estimate of drug-likeness (QED) is 0.285. The lowest BCUT2D eigenvalue weighted by Crippen LogP contribution is -2.75. The lowest BCUT2D eigenvalue weighted by molar-refractivity contribution is -0.152. The number of nitrogens with one attached hydrogen (secondary N) is 1. The van der Waals surface area contributed by atoms with Crippen molar-refractivity contribution in [2.45, 2.75) is 11.4 Å². The molecule has 8 nitrogen and oxygen atoms in total. The molecule has 1 saturated heterocycles.